The Morgan fingerprint density at radius 1 is 1.29 bits per heavy atom. The van der Waals surface area contributed by atoms with E-state index in [4.69, 9.17) is 4.74 Å². The number of hydrogen-bond donors (Lipinski definition) is 1. The van der Waals surface area contributed by atoms with Crippen molar-refractivity contribution in [2.75, 3.05) is 5.32 Å². The molecule has 1 N–H and O–H groups in total. The van der Waals surface area contributed by atoms with Crippen LogP contribution < -0.4 is 15.2 Å². The SMILES string of the molecule is Cc1cc(OC(C)C)nc(-c2ccccc2NC(=O)[O-])n1. The van der Waals surface area contributed by atoms with Crippen molar-refractivity contribution in [1.82, 2.24) is 9.97 Å². The van der Waals surface area contributed by atoms with Gasteiger partial charge < -0.3 is 20.0 Å². The van der Waals surface area contributed by atoms with E-state index in [9.17, 15) is 9.90 Å². The van der Waals surface area contributed by atoms with Crippen LogP contribution in [0.1, 0.15) is 19.5 Å². The molecule has 2 aromatic rings. The van der Waals surface area contributed by atoms with E-state index in [-0.39, 0.29) is 6.10 Å². The number of aromatic nitrogens is 2. The standard InChI is InChI=1S/C15H17N3O3/c1-9(2)21-13-8-10(3)16-14(18-13)11-6-4-5-7-12(11)17-15(19)20/h4-9,17H,1-3H3,(H,19,20)/p-1. The first kappa shape index (κ1) is 14.8. The van der Waals surface area contributed by atoms with E-state index < -0.39 is 6.09 Å². The fourth-order valence-corrected chi connectivity index (χ4v) is 1.86. The monoisotopic (exact) mass is 286 g/mol. The summed E-state index contributed by atoms with van der Waals surface area (Å²) in [5.41, 5.74) is 1.68. The van der Waals surface area contributed by atoms with Gasteiger partial charge in [0.05, 0.1) is 11.8 Å². The minimum absolute atomic E-state index is 0.0104. The van der Waals surface area contributed by atoms with Crippen molar-refractivity contribution in [3.05, 3.63) is 36.0 Å². The molecule has 1 aromatic heterocycles. The van der Waals surface area contributed by atoms with Crippen LogP contribution in [-0.4, -0.2) is 22.2 Å². The van der Waals surface area contributed by atoms with Crippen LogP contribution in [-0.2, 0) is 0 Å². The number of carboxylic acid groups (broad SMARTS) is 1. The Morgan fingerprint density at radius 3 is 2.67 bits per heavy atom. The number of aryl methyl sites for hydroxylation is 1. The molecule has 0 aliphatic heterocycles. The maximum absolute atomic E-state index is 10.7. The van der Waals surface area contributed by atoms with Crippen molar-refractivity contribution in [3.8, 4) is 17.3 Å². The molecule has 1 aromatic carbocycles. The van der Waals surface area contributed by atoms with Crippen LogP contribution in [0, 0.1) is 6.92 Å². The number of carbonyl (C=O) groups excluding carboxylic acids is 1. The topological polar surface area (TPSA) is 87.2 Å². The Kier molecular flexibility index (Phi) is 4.37. The number of anilines is 1. The molecule has 1 amide bonds. The van der Waals surface area contributed by atoms with Gasteiger partial charge in [0.2, 0.25) is 5.88 Å². The number of ether oxygens (including phenoxy) is 1. The lowest BCUT2D eigenvalue weighted by atomic mass is 10.1. The van der Waals surface area contributed by atoms with E-state index in [1.807, 2.05) is 20.8 Å². The lowest BCUT2D eigenvalue weighted by Crippen LogP contribution is -2.29. The van der Waals surface area contributed by atoms with Crippen molar-refractivity contribution in [1.29, 1.82) is 0 Å². The fraction of sp³-hybridized carbons (Fsp3) is 0.267. The van der Waals surface area contributed by atoms with E-state index >= 15 is 0 Å². The molecule has 0 saturated carbocycles. The largest absolute Gasteiger partial charge is 0.530 e. The zero-order valence-corrected chi connectivity index (χ0v) is 12.1. The zero-order chi connectivity index (χ0) is 15.4. The molecule has 0 spiro atoms. The third-order valence-electron chi connectivity index (χ3n) is 2.59. The molecule has 0 aliphatic carbocycles. The van der Waals surface area contributed by atoms with Crippen molar-refractivity contribution in [2.45, 2.75) is 26.9 Å². The Balaban J connectivity index is 2.46. The average Bonchev–Trinajstić information content (AvgIpc) is 2.37. The summed E-state index contributed by atoms with van der Waals surface area (Å²) >= 11 is 0. The molecule has 0 atom stereocenters. The highest BCUT2D eigenvalue weighted by Gasteiger charge is 2.11. The van der Waals surface area contributed by atoms with E-state index in [0.29, 0.717) is 23.0 Å². The van der Waals surface area contributed by atoms with Gasteiger partial charge in [-0.15, -0.1) is 0 Å². The summed E-state index contributed by atoms with van der Waals surface area (Å²) in [7, 11) is 0. The van der Waals surface area contributed by atoms with E-state index in [1.54, 1.807) is 30.3 Å². The molecule has 0 bridgehead atoms. The second kappa shape index (κ2) is 6.21. The van der Waals surface area contributed by atoms with E-state index in [0.717, 1.165) is 5.69 Å². The molecule has 1 heterocycles. The minimum Gasteiger partial charge on any atom is -0.530 e. The summed E-state index contributed by atoms with van der Waals surface area (Å²) in [4.78, 5) is 19.4. The molecule has 0 unspecified atom stereocenters. The van der Waals surface area contributed by atoms with Crippen molar-refractivity contribution >= 4 is 11.8 Å². The smallest absolute Gasteiger partial charge is 0.217 e. The Morgan fingerprint density at radius 2 is 2.00 bits per heavy atom. The van der Waals surface area contributed by atoms with Crippen LogP contribution in [0.3, 0.4) is 0 Å². The predicted octanol–water partition coefficient (Wildman–Crippen LogP) is 1.99. The van der Waals surface area contributed by atoms with Crippen LogP contribution in [0.15, 0.2) is 30.3 Å². The predicted molar refractivity (Wildman–Crippen MR) is 77.0 cm³/mol. The summed E-state index contributed by atoms with van der Waals surface area (Å²) in [5.74, 6) is 0.853. The molecule has 6 heteroatoms. The molecule has 0 fully saturated rings. The first-order chi connectivity index (χ1) is 9.95. The second-order valence-corrected chi connectivity index (χ2v) is 4.80. The molecular weight excluding hydrogens is 270 g/mol. The number of nitrogens with zero attached hydrogens (tertiary/aromatic N) is 2. The molecular formula is C15H16N3O3-. The third-order valence-corrected chi connectivity index (χ3v) is 2.59. The van der Waals surface area contributed by atoms with Gasteiger partial charge in [0, 0.05) is 17.3 Å². The van der Waals surface area contributed by atoms with E-state index in [1.165, 1.54) is 0 Å². The molecule has 0 saturated heterocycles. The first-order valence-electron chi connectivity index (χ1n) is 6.55. The van der Waals surface area contributed by atoms with Crippen molar-refractivity contribution in [3.63, 3.8) is 0 Å². The number of rotatable bonds is 4. The highest BCUT2D eigenvalue weighted by molar-refractivity contribution is 5.88. The Hall–Kier alpha value is -2.63. The van der Waals surface area contributed by atoms with Gasteiger partial charge in [0.1, 0.15) is 6.09 Å². The summed E-state index contributed by atoms with van der Waals surface area (Å²) in [6, 6.07) is 8.60. The summed E-state index contributed by atoms with van der Waals surface area (Å²) in [6.45, 7) is 5.64. The van der Waals surface area contributed by atoms with Gasteiger partial charge in [-0.2, -0.15) is 4.98 Å². The summed E-state index contributed by atoms with van der Waals surface area (Å²) < 4.78 is 5.58. The van der Waals surface area contributed by atoms with Gasteiger partial charge in [-0.05, 0) is 32.9 Å². The normalized spacial score (nSPS) is 10.5. The fourth-order valence-electron chi connectivity index (χ4n) is 1.86. The van der Waals surface area contributed by atoms with Crippen LogP contribution in [0.4, 0.5) is 10.5 Å². The number of amides is 1. The first-order valence-corrected chi connectivity index (χ1v) is 6.55. The maximum atomic E-state index is 10.7. The van der Waals surface area contributed by atoms with E-state index in [2.05, 4.69) is 15.3 Å². The van der Waals surface area contributed by atoms with Gasteiger partial charge in [-0.1, -0.05) is 12.1 Å². The van der Waals surface area contributed by atoms with Gasteiger partial charge in [0.25, 0.3) is 0 Å². The second-order valence-electron chi connectivity index (χ2n) is 4.80. The van der Waals surface area contributed by atoms with Gasteiger partial charge in [-0.3, -0.25) is 0 Å². The van der Waals surface area contributed by atoms with Crippen LogP contribution in [0.25, 0.3) is 11.4 Å². The highest BCUT2D eigenvalue weighted by atomic mass is 16.5. The summed E-state index contributed by atoms with van der Waals surface area (Å²) in [6.07, 6.45) is -1.39. The van der Waals surface area contributed by atoms with Crippen LogP contribution in [0.2, 0.25) is 0 Å². The lowest BCUT2D eigenvalue weighted by Gasteiger charge is -2.14. The van der Waals surface area contributed by atoms with Crippen molar-refractivity contribution < 1.29 is 14.6 Å². The molecule has 2 rings (SSSR count). The van der Waals surface area contributed by atoms with Gasteiger partial charge in [0.15, 0.2) is 5.82 Å². The number of benzene rings is 1. The lowest BCUT2D eigenvalue weighted by molar-refractivity contribution is -0.242. The quantitative estimate of drug-likeness (QED) is 0.928. The summed E-state index contributed by atoms with van der Waals surface area (Å²) in [5, 5.41) is 13.0. The molecule has 0 aliphatic rings. The number of nitrogens with one attached hydrogen (secondary N) is 1. The molecule has 0 radical (unpaired) electrons. The maximum Gasteiger partial charge on any atom is 0.217 e. The molecule has 21 heavy (non-hydrogen) atoms. The highest BCUT2D eigenvalue weighted by Crippen LogP contribution is 2.26. The van der Waals surface area contributed by atoms with Crippen LogP contribution in [0.5, 0.6) is 5.88 Å². The van der Waals surface area contributed by atoms with Gasteiger partial charge in [-0.25, -0.2) is 4.98 Å². The number of carbonyl (C=O) groups is 1. The molecule has 6 nitrogen and oxygen atoms in total. The minimum atomic E-state index is -1.38. The average molecular weight is 286 g/mol. The number of hydrogen-bond acceptors (Lipinski definition) is 5. The number of para-hydroxylation sites is 1. The Bertz CT molecular complexity index is 656. The molecule has 110 valence electrons. The van der Waals surface area contributed by atoms with Gasteiger partial charge >= 0.3 is 0 Å². The zero-order valence-electron chi connectivity index (χ0n) is 12.1. The third kappa shape index (κ3) is 3.92. The Labute approximate surface area is 122 Å². The van der Waals surface area contributed by atoms with Crippen LogP contribution >= 0.6 is 0 Å². The van der Waals surface area contributed by atoms with Crippen molar-refractivity contribution in [2.24, 2.45) is 0 Å².